The van der Waals surface area contributed by atoms with E-state index in [1.807, 2.05) is 44.2 Å². The van der Waals surface area contributed by atoms with Crippen molar-refractivity contribution < 1.29 is 14.1 Å². The average molecular weight is 288 g/mol. The molecule has 2 rings (SSSR count). The van der Waals surface area contributed by atoms with Gasteiger partial charge in [-0.25, -0.2) is 0 Å². The summed E-state index contributed by atoms with van der Waals surface area (Å²) < 4.78 is 10.4. The van der Waals surface area contributed by atoms with Crippen LogP contribution in [0.25, 0.3) is 0 Å². The first kappa shape index (κ1) is 15.1. The number of benzene rings is 1. The lowest BCUT2D eigenvalue weighted by Gasteiger charge is -2.15. The lowest BCUT2D eigenvalue weighted by atomic mass is 10.1. The molecule has 0 saturated heterocycles. The number of hydrogen-bond acceptors (Lipinski definition) is 4. The van der Waals surface area contributed by atoms with Crippen molar-refractivity contribution in [1.82, 2.24) is 10.1 Å². The van der Waals surface area contributed by atoms with Gasteiger partial charge in [-0.3, -0.25) is 4.79 Å². The molecule has 21 heavy (non-hydrogen) atoms. The number of hydrogen-bond donors (Lipinski definition) is 0. The van der Waals surface area contributed by atoms with Crippen LogP contribution in [-0.2, 0) is 17.8 Å². The molecular formula is C16H20N2O3. The van der Waals surface area contributed by atoms with E-state index in [1.54, 1.807) is 11.9 Å². The Morgan fingerprint density at radius 2 is 2.05 bits per heavy atom. The number of aromatic nitrogens is 1. The molecule has 5 nitrogen and oxygen atoms in total. The van der Waals surface area contributed by atoms with Crippen LogP contribution in [0.5, 0.6) is 5.75 Å². The Kier molecular flexibility index (Phi) is 4.98. The van der Waals surface area contributed by atoms with E-state index in [0.717, 1.165) is 22.8 Å². The van der Waals surface area contributed by atoms with E-state index < -0.39 is 0 Å². The van der Waals surface area contributed by atoms with Gasteiger partial charge in [-0.05, 0) is 31.5 Å². The Morgan fingerprint density at radius 1 is 1.33 bits per heavy atom. The van der Waals surface area contributed by atoms with Gasteiger partial charge in [0, 0.05) is 13.1 Å². The van der Waals surface area contributed by atoms with Crippen LogP contribution >= 0.6 is 0 Å². The molecule has 112 valence electrons. The van der Waals surface area contributed by atoms with Crippen LogP contribution in [0.3, 0.4) is 0 Å². The van der Waals surface area contributed by atoms with Gasteiger partial charge in [-0.15, -0.1) is 0 Å². The number of carbonyl (C=O) groups excluding carboxylic acids is 1. The third kappa shape index (κ3) is 4.34. The SMILES string of the molecule is CCOc1ccc(CC(=O)N(C)Cc2cc(C)on2)cc1. The quantitative estimate of drug-likeness (QED) is 0.820. The summed E-state index contributed by atoms with van der Waals surface area (Å²) in [5.41, 5.74) is 1.72. The minimum Gasteiger partial charge on any atom is -0.494 e. The zero-order valence-corrected chi connectivity index (χ0v) is 12.6. The smallest absolute Gasteiger partial charge is 0.227 e. The second-order valence-electron chi connectivity index (χ2n) is 4.93. The summed E-state index contributed by atoms with van der Waals surface area (Å²) in [6.45, 7) is 4.86. The van der Waals surface area contributed by atoms with Crippen molar-refractivity contribution in [2.24, 2.45) is 0 Å². The van der Waals surface area contributed by atoms with E-state index in [-0.39, 0.29) is 5.91 Å². The molecule has 5 heteroatoms. The maximum Gasteiger partial charge on any atom is 0.227 e. The van der Waals surface area contributed by atoms with Crippen molar-refractivity contribution in [3.63, 3.8) is 0 Å². The zero-order valence-electron chi connectivity index (χ0n) is 12.6. The molecule has 1 heterocycles. The molecule has 0 radical (unpaired) electrons. The van der Waals surface area contributed by atoms with Crippen LogP contribution in [0.1, 0.15) is 23.9 Å². The maximum absolute atomic E-state index is 12.2. The Morgan fingerprint density at radius 3 is 2.62 bits per heavy atom. The van der Waals surface area contributed by atoms with Crippen molar-refractivity contribution in [3.8, 4) is 5.75 Å². The number of rotatable bonds is 6. The minimum absolute atomic E-state index is 0.0415. The van der Waals surface area contributed by atoms with E-state index in [9.17, 15) is 4.79 Å². The van der Waals surface area contributed by atoms with Gasteiger partial charge in [0.05, 0.1) is 19.6 Å². The fourth-order valence-electron chi connectivity index (χ4n) is 2.00. The molecule has 2 aromatic rings. The highest BCUT2D eigenvalue weighted by Gasteiger charge is 2.12. The number of carbonyl (C=O) groups is 1. The number of aryl methyl sites for hydroxylation is 1. The highest BCUT2D eigenvalue weighted by molar-refractivity contribution is 5.78. The second kappa shape index (κ2) is 6.92. The normalized spacial score (nSPS) is 10.4. The van der Waals surface area contributed by atoms with E-state index in [1.165, 1.54) is 0 Å². The van der Waals surface area contributed by atoms with Gasteiger partial charge in [0.25, 0.3) is 0 Å². The monoisotopic (exact) mass is 288 g/mol. The Balaban J connectivity index is 1.90. The lowest BCUT2D eigenvalue weighted by Crippen LogP contribution is -2.27. The van der Waals surface area contributed by atoms with Crippen LogP contribution < -0.4 is 4.74 Å². The third-order valence-corrected chi connectivity index (χ3v) is 3.09. The van der Waals surface area contributed by atoms with Crippen molar-refractivity contribution in [3.05, 3.63) is 47.3 Å². The summed E-state index contributed by atoms with van der Waals surface area (Å²) in [4.78, 5) is 13.8. The third-order valence-electron chi connectivity index (χ3n) is 3.09. The van der Waals surface area contributed by atoms with Crippen molar-refractivity contribution in [1.29, 1.82) is 0 Å². The molecule has 0 spiro atoms. The van der Waals surface area contributed by atoms with E-state index in [0.29, 0.717) is 19.6 Å². The molecule has 0 aliphatic carbocycles. The number of amides is 1. The van der Waals surface area contributed by atoms with Gasteiger partial charge < -0.3 is 14.2 Å². The van der Waals surface area contributed by atoms with E-state index in [2.05, 4.69) is 5.16 Å². The first-order chi connectivity index (χ1) is 10.1. The highest BCUT2D eigenvalue weighted by Crippen LogP contribution is 2.13. The Hall–Kier alpha value is -2.30. The summed E-state index contributed by atoms with van der Waals surface area (Å²) in [7, 11) is 1.76. The summed E-state index contributed by atoms with van der Waals surface area (Å²) >= 11 is 0. The molecular weight excluding hydrogens is 268 g/mol. The average Bonchev–Trinajstić information content (AvgIpc) is 2.86. The largest absolute Gasteiger partial charge is 0.494 e. The molecule has 0 atom stereocenters. The standard InChI is InChI=1S/C16H20N2O3/c1-4-20-15-7-5-13(6-8-15)10-16(19)18(3)11-14-9-12(2)21-17-14/h5-9H,4,10-11H2,1-3H3. The molecule has 1 aromatic heterocycles. The molecule has 0 fully saturated rings. The Labute approximate surface area is 124 Å². The summed E-state index contributed by atoms with van der Waals surface area (Å²) in [5, 5.41) is 3.89. The first-order valence-corrected chi connectivity index (χ1v) is 6.96. The van der Waals surface area contributed by atoms with Crippen LogP contribution in [-0.4, -0.2) is 29.6 Å². The summed E-state index contributed by atoms with van der Waals surface area (Å²) in [5.74, 6) is 1.61. The van der Waals surface area contributed by atoms with Crippen molar-refractivity contribution in [2.45, 2.75) is 26.8 Å². The van der Waals surface area contributed by atoms with Gasteiger partial charge >= 0.3 is 0 Å². The molecule has 0 aliphatic heterocycles. The van der Waals surface area contributed by atoms with E-state index in [4.69, 9.17) is 9.26 Å². The predicted molar refractivity (Wildman–Crippen MR) is 79.0 cm³/mol. The molecule has 1 aromatic carbocycles. The number of ether oxygens (including phenoxy) is 1. The maximum atomic E-state index is 12.2. The second-order valence-corrected chi connectivity index (χ2v) is 4.93. The summed E-state index contributed by atoms with van der Waals surface area (Å²) in [6.07, 6.45) is 0.361. The lowest BCUT2D eigenvalue weighted by molar-refractivity contribution is -0.129. The molecule has 0 bridgehead atoms. The van der Waals surface area contributed by atoms with Crippen LogP contribution in [0, 0.1) is 6.92 Å². The van der Waals surface area contributed by atoms with Gasteiger partial charge in [0.15, 0.2) is 0 Å². The van der Waals surface area contributed by atoms with Crippen molar-refractivity contribution >= 4 is 5.91 Å². The minimum atomic E-state index is 0.0415. The topological polar surface area (TPSA) is 55.6 Å². The number of nitrogens with zero attached hydrogens (tertiary/aromatic N) is 2. The zero-order chi connectivity index (χ0) is 15.2. The van der Waals surface area contributed by atoms with Gasteiger partial charge in [0.2, 0.25) is 5.91 Å². The van der Waals surface area contributed by atoms with Crippen molar-refractivity contribution in [2.75, 3.05) is 13.7 Å². The van der Waals surface area contributed by atoms with Crippen LogP contribution in [0.15, 0.2) is 34.9 Å². The first-order valence-electron chi connectivity index (χ1n) is 6.96. The van der Waals surface area contributed by atoms with Crippen LogP contribution in [0.2, 0.25) is 0 Å². The van der Waals surface area contributed by atoms with Gasteiger partial charge in [-0.1, -0.05) is 17.3 Å². The Bertz CT molecular complexity index is 590. The molecule has 1 amide bonds. The highest BCUT2D eigenvalue weighted by atomic mass is 16.5. The molecule has 0 unspecified atom stereocenters. The molecule has 0 N–H and O–H groups in total. The molecule has 0 aliphatic rings. The number of likely N-dealkylation sites (N-methyl/N-ethyl adjacent to an activating group) is 1. The predicted octanol–water partition coefficient (Wildman–Crippen LogP) is 2.58. The van der Waals surface area contributed by atoms with Gasteiger partial charge in [0.1, 0.15) is 17.2 Å². The van der Waals surface area contributed by atoms with Gasteiger partial charge in [-0.2, -0.15) is 0 Å². The molecule has 0 saturated carbocycles. The summed E-state index contributed by atoms with van der Waals surface area (Å²) in [6, 6.07) is 9.43. The van der Waals surface area contributed by atoms with E-state index >= 15 is 0 Å². The van der Waals surface area contributed by atoms with Crippen LogP contribution in [0.4, 0.5) is 0 Å². The fraction of sp³-hybridized carbons (Fsp3) is 0.375. The fourth-order valence-corrected chi connectivity index (χ4v) is 2.00.